The van der Waals surface area contributed by atoms with Gasteiger partial charge in [0.25, 0.3) is 0 Å². The molecule has 0 bridgehead atoms. The summed E-state index contributed by atoms with van der Waals surface area (Å²) in [7, 11) is 0. The molecule has 0 saturated heterocycles. The van der Waals surface area contributed by atoms with Gasteiger partial charge >= 0.3 is 0 Å². The van der Waals surface area contributed by atoms with Crippen molar-refractivity contribution >= 4 is 65.3 Å². The van der Waals surface area contributed by atoms with Gasteiger partial charge in [0.05, 0.1) is 21.3 Å². The summed E-state index contributed by atoms with van der Waals surface area (Å²) in [5.41, 5.74) is 7.38. The van der Waals surface area contributed by atoms with Crippen molar-refractivity contribution < 1.29 is 4.42 Å². The van der Waals surface area contributed by atoms with E-state index in [0.717, 1.165) is 48.4 Å². The number of hydrogen-bond acceptors (Lipinski definition) is 3. The lowest BCUT2D eigenvalue weighted by Crippen LogP contribution is -1.92. The number of benzene rings is 5. The van der Waals surface area contributed by atoms with E-state index in [0.29, 0.717) is 0 Å². The van der Waals surface area contributed by atoms with Crippen molar-refractivity contribution in [2.45, 2.75) is 0 Å². The maximum atomic E-state index is 6.34. The number of rotatable bonds is 2. The monoisotopic (exact) mass is 466 g/mol. The highest BCUT2D eigenvalue weighted by Crippen LogP contribution is 2.44. The van der Waals surface area contributed by atoms with E-state index >= 15 is 0 Å². The number of fused-ring (bicyclic) bond motifs is 8. The Labute approximate surface area is 204 Å². The number of hydrogen-bond donors (Lipinski definition) is 0. The van der Waals surface area contributed by atoms with Crippen LogP contribution in [0.25, 0.3) is 70.2 Å². The maximum Gasteiger partial charge on any atom is 0.195 e. The van der Waals surface area contributed by atoms with E-state index < -0.39 is 0 Å². The molecule has 4 heteroatoms. The van der Waals surface area contributed by atoms with Crippen molar-refractivity contribution in [1.29, 1.82) is 0 Å². The third-order valence-electron chi connectivity index (χ3n) is 6.85. The fraction of sp³-hybridized carbons (Fsp3) is 0. The number of furan rings is 1. The Morgan fingerprint density at radius 3 is 2.00 bits per heavy atom. The molecule has 8 aromatic rings. The lowest BCUT2D eigenvalue weighted by molar-refractivity contribution is 0.669. The second-order valence-electron chi connectivity index (χ2n) is 8.81. The van der Waals surface area contributed by atoms with E-state index in [1.54, 1.807) is 11.3 Å². The second kappa shape index (κ2) is 7.05. The third kappa shape index (κ3) is 2.63. The highest BCUT2D eigenvalue weighted by atomic mass is 32.1. The van der Waals surface area contributed by atoms with Gasteiger partial charge in [0.2, 0.25) is 0 Å². The number of nitrogens with zero attached hydrogens (tertiary/aromatic N) is 2. The summed E-state index contributed by atoms with van der Waals surface area (Å²) in [5.74, 6) is 0. The van der Waals surface area contributed by atoms with Crippen molar-refractivity contribution in [3.8, 4) is 16.3 Å². The van der Waals surface area contributed by atoms with E-state index in [4.69, 9.17) is 9.40 Å². The summed E-state index contributed by atoms with van der Waals surface area (Å²) in [5, 5.41) is 5.71. The molecule has 0 N–H and O–H groups in total. The quantitative estimate of drug-likeness (QED) is 0.255. The topological polar surface area (TPSA) is 31.0 Å². The van der Waals surface area contributed by atoms with Gasteiger partial charge in [0, 0.05) is 27.1 Å². The molecule has 5 aromatic carbocycles. The molecule has 3 nitrogen and oxygen atoms in total. The van der Waals surface area contributed by atoms with Crippen molar-refractivity contribution in [2.75, 3.05) is 0 Å². The summed E-state index contributed by atoms with van der Waals surface area (Å²) in [4.78, 5) is 5.31. The zero-order valence-corrected chi connectivity index (χ0v) is 19.4. The molecule has 3 heterocycles. The van der Waals surface area contributed by atoms with E-state index in [-0.39, 0.29) is 0 Å². The van der Waals surface area contributed by atoms with Crippen LogP contribution >= 0.6 is 11.3 Å². The average Bonchev–Trinajstić information content (AvgIpc) is 3.60. The lowest BCUT2D eigenvalue weighted by Gasteiger charge is -2.04. The summed E-state index contributed by atoms with van der Waals surface area (Å²) < 4.78 is 9.79. The van der Waals surface area contributed by atoms with Gasteiger partial charge in [-0.3, -0.25) is 4.57 Å². The summed E-state index contributed by atoms with van der Waals surface area (Å²) >= 11 is 1.73. The predicted octanol–water partition coefficient (Wildman–Crippen LogP) is 8.96. The first-order valence-electron chi connectivity index (χ1n) is 11.7. The number of aromatic nitrogens is 2. The Balaban J connectivity index is 1.55. The molecule has 0 fully saturated rings. The van der Waals surface area contributed by atoms with Crippen molar-refractivity contribution in [1.82, 2.24) is 9.55 Å². The van der Waals surface area contributed by atoms with Crippen molar-refractivity contribution in [3.63, 3.8) is 0 Å². The van der Waals surface area contributed by atoms with Crippen molar-refractivity contribution in [2.24, 2.45) is 0 Å². The van der Waals surface area contributed by atoms with Crippen LogP contribution in [0, 0.1) is 0 Å². The van der Waals surface area contributed by atoms with Crippen molar-refractivity contribution in [3.05, 3.63) is 109 Å². The SMILES string of the molecule is c1ccc(-c2cc3oc4ccccc4c3c3sc(-n4c5ccccc5c5ccccc54)nc23)cc1. The van der Waals surface area contributed by atoms with Gasteiger partial charge in [-0.1, -0.05) is 96.3 Å². The fourth-order valence-electron chi connectivity index (χ4n) is 5.32. The highest BCUT2D eigenvalue weighted by molar-refractivity contribution is 7.22. The zero-order chi connectivity index (χ0) is 22.9. The summed E-state index contributed by atoms with van der Waals surface area (Å²) in [6.07, 6.45) is 0. The fourth-order valence-corrected chi connectivity index (χ4v) is 6.49. The van der Waals surface area contributed by atoms with Gasteiger partial charge in [-0.15, -0.1) is 0 Å². The molecule has 0 atom stereocenters. The smallest absolute Gasteiger partial charge is 0.195 e. The Kier molecular flexibility index (Phi) is 3.82. The Morgan fingerprint density at radius 2 is 1.26 bits per heavy atom. The van der Waals surface area contributed by atoms with Gasteiger partial charge < -0.3 is 4.42 Å². The molecule has 8 rings (SSSR count). The molecular weight excluding hydrogens is 448 g/mol. The predicted molar refractivity (Wildman–Crippen MR) is 147 cm³/mol. The molecule has 0 amide bonds. The van der Waals surface area contributed by atoms with Crippen LogP contribution in [-0.2, 0) is 0 Å². The first kappa shape index (κ1) is 19.0. The molecule has 164 valence electrons. The minimum absolute atomic E-state index is 0.898. The molecule has 3 aromatic heterocycles. The molecule has 0 spiro atoms. The molecule has 0 aliphatic heterocycles. The average molecular weight is 467 g/mol. The molecule has 0 aliphatic carbocycles. The molecule has 0 unspecified atom stereocenters. The molecular formula is C31H18N2OS. The van der Waals surface area contributed by atoms with Gasteiger partial charge in [0.15, 0.2) is 5.13 Å². The maximum absolute atomic E-state index is 6.34. The largest absolute Gasteiger partial charge is 0.456 e. The van der Waals surface area contributed by atoms with Gasteiger partial charge in [-0.05, 0) is 29.8 Å². The van der Waals surface area contributed by atoms with Crippen LogP contribution in [-0.4, -0.2) is 9.55 Å². The Morgan fingerprint density at radius 1 is 0.629 bits per heavy atom. The zero-order valence-electron chi connectivity index (χ0n) is 18.6. The van der Waals surface area contributed by atoms with Gasteiger partial charge in [-0.25, -0.2) is 4.98 Å². The van der Waals surface area contributed by atoms with E-state index in [9.17, 15) is 0 Å². The second-order valence-corrected chi connectivity index (χ2v) is 9.78. The minimum Gasteiger partial charge on any atom is -0.456 e. The molecule has 0 radical (unpaired) electrons. The summed E-state index contributed by atoms with van der Waals surface area (Å²) in [6, 6.07) is 38.1. The number of para-hydroxylation sites is 3. The molecule has 35 heavy (non-hydrogen) atoms. The van der Waals surface area contributed by atoms with Crippen LogP contribution in [0.3, 0.4) is 0 Å². The summed E-state index contributed by atoms with van der Waals surface area (Å²) in [6.45, 7) is 0. The molecule has 0 saturated carbocycles. The van der Waals surface area contributed by atoms with Crippen LogP contribution in [0.4, 0.5) is 0 Å². The van der Waals surface area contributed by atoms with E-state index in [1.165, 1.54) is 21.8 Å². The van der Waals surface area contributed by atoms with Crippen LogP contribution < -0.4 is 0 Å². The third-order valence-corrected chi connectivity index (χ3v) is 7.91. The standard InChI is InChI=1S/C31H18N2OS/c1-2-10-19(11-3-1)23-18-27-28(22-14-6-9-17-26(22)34-27)30-29(23)32-31(35-30)33-24-15-7-4-12-20(24)21-13-5-8-16-25(21)33/h1-18H. The Hall–Kier alpha value is -4.41. The van der Waals surface area contributed by atoms with Crippen LogP contribution in [0.1, 0.15) is 0 Å². The Bertz CT molecular complexity index is 2010. The minimum atomic E-state index is 0.898. The van der Waals surface area contributed by atoms with Crippen LogP contribution in [0.15, 0.2) is 114 Å². The first-order valence-corrected chi connectivity index (χ1v) is 12.5. The number of thiazole rings is 1. The van der Waals surface area contributed by atoms with Crippen LogP contribution in [0.2, 0.25) is 0 Å². The van der Waals surface area contributed by atoms with Gasteiger partial charge in [-0.2, -0.15) is 0 Å². The normalized spacial score (nSPS) is 12.0. The van der Waals surface area contributed by atoms with E-state index in [2.05, 4.69) is 95.6 Å². The highest BCUT2D eigenvalue weighted by Gasteiger charge is 2.21. The molecule has 0 aliphatic rings. The lowest BCUT2D eigenvalue weighted by atomic mass is 10.0. The van der Waals surface area contributed by atoms with Gasteiger partial charge in [0.1, 0.15) is 11.2 Å². The first-order chi connectivity index (χ1) is 17.4. The van der Waals surface area contributed by atoms with Crippen LogP contribution in [0.5, 0.6) is 0 Å². The van der Waals surface area contributed by atoms with E-state index in [1.807, 2.05) is 18.2 Å².